The summed E-state index contributed by atoms with van der Waals surface area (Å²) in [4.78, 5) is 0. The number of halogens is 2. The van der Waals surface area contributed by atoms with Gasteiger partial charge in [-0.15, -0.1) is 0 Å². The van der Waals surface area contributed by atoms with Gasteiger partial charge < -0.3 is 0 Å². The van der Waals surface area contributed by atoms with Gasteiger partial charge in [0.25, 0.3) is 0 Å². The Morgan fingerprint density at radius 1 is 1.27 bits per heavy atom. The van der Waals surface area contributed by atoms with Crippen LogP contribution in [0.25, 0.3) is 0 Å². The third kappa shape index (κ3) is 3.57. The van der Waals surface area contributed by atoms with E-state index >= 15 is 0 Å². The molecule has 0 fully saturated rings. The Hall–Kier alpha value is 0.440. The van der Waals surface area contributed by atoms with Gasteiger partial charge in [-0.05, 0) is 27.8 Å². The van der Waals surface area contributed by atoms with Crippen molar-refractivity contribution >= 4 is 31.9 Å². The SMILES string of the molecule is C=C/C(Br)=C(/Br)C(C)C(C)C. The van der Waals surface area contributed by atoms with E-state index in [4.69, 9.17) is 0 Å². The average molecular weight is 282 g/mol. The highest BCUT2D eigenvalue weighted by Crippen LogP contribution is 2.30. The molecule has 0 aromatic rings. The second kappa shape index (κ2) is 5.15. The zero-order valence-electron chi connectivity index (χ0n) is 7.20. The highest BCUT2D eigenvalue weighted by Gasteiger charge is 2.12. The van der Waals surface area contributed by atoms with E-state index < -0.39 is 0 Å². The Bertz CT molecular complexity index is 168. The number of hydrogen-bond donors (Lipinski definition) is 0. The molecule has 0 spiro atoms. The van der Waals surface area contributed by atoms with Crippen molar-refractivity contribution in [2.45, 2.75) is 20.8 Å². The van der Waals surface area contributed by atoms with Gasteiger partial charge >= 0.3 is 0 Å². The van der Waals surface area contributed by atoms with Crippen LogP contribution in [-0.4, -0.2) is 0 Å². The van der Waals surface area contributed by atoms with E-state index in [0.29, 0.717) is 11.8 Å². The third-order valence-electron chi connectivity index (χ3n) is 1.81. The number of hydrogen-bond acceptors (Lipinski definition) is 0. The zero-order valence-corrected chi connectivity index (χ0v) is 10.4. The van der Waals surface area contributed by atoms with Gasteiger partial charge in [0.2, 0.25) is 0 Å². The van der Waals surface area contributed by atoms with Crippen LogP contribution in [0.4, 0.5) is 0 Å². The molecule has 0 aliphatic carbocycles. The Kier molecular flexibility index (Phi) is 5.36. The molecule has 0 saturated carbocycles. The van der Waals surface area contributed by atoms with Crippen LogP contribution < -0.4 is 0 Å². The van der Waals surface area contributed by atoms with E-state index in [2.05, 4.69) is 59.2 Å². The fourth-order valence-corrected chi connectivity index (χ4v) is 1.66. The minimum atomic E-state index is 0.544. The van der Waals surface area contributed by atoms with Crippen LogP contribution in [0.3, 0.4) is 0 Å². The molecule has 1 unspecified atom stereocenters. The van der Waals surface area contributed by atoms with Crippen molar-refractivity contribution in [2.24, 2.45) is 11.8 Å². The lowest BCUT2D eigenvalue weighted by Gasteiger charge is -2.15. The summed E-state index contributed by atoms with van der Waals surface area (Å²) >= 11 is 6.96. The lowest BCUT2D eigenvalue weighted by Crippen LogP contribution is -2.03. The van der Waals surface area contributed by atoms with E-state index in [1.54, 1.807) is 0 Å². The van der Waals surface area contributed by atoms with Crippen LogP contribution in [0.15, 0.2) is 21.6 Å². The standard InChI is InChI=1S/C9H14Br2/c1-5-8(10)9(11)7(4)6(2)3/h5-7H,1H2,2-4H3/b9-8-. The van der Waals surface area contributed by atoms with E-state index in [1.165, 1.54) is 4.48 Å². The molecule has 0 aromatic carbocycles. The van der Waals surface area contributed by atoms with Crippen molar-refractivity contribution in [1.82, 2.24) is 0 Å². The quantitative estimate of drug-likeness (QED) is 0.670. The molecule has 0 radical (unpaired) electrons. The van der Waals surface area contributed by atoms with Crippen LogP contribution in [0.1, 0.15) is 20.8 Å². The van der Waals surface area contributed by atoms with Crippen LogP contribution in [-0.2, 0) is 0 Å². The number of rotatable bonds is 3. The molecular weight excluding hydrogens is 268 g/mol. The molecule has 0 nitrogen and oxygen atoms in total. The molecular formula is C9H14Br2. The summed E-state index contributed by atoms with van der Waals surface area (Å²) in [6, 6.07) is 0. The highest BCUT2D eigenvalue weighted by atomic mass is 79.9. The molecule has 11 heavy (non-hydrogen) atoms. The lowest BCUT2D eigenvalue weighted by atomic mass is 9.98. The molecule has 0 aromatic heterocycles. The van der Waals surface area contributed by atoms with Crippen molar-refractivity contribution in [1.29, 1.82) is 0 Å². The van der Waals surface area contributed by atoms with Crippen LogP contribution in [0.2, 0.25) is 0 Å². The van der Waals surface area contributed by atoms with E-state index in [0.717, 1.165) is 4.48 Å². The van der Waals surface area contributed by atoms with Gasteiger partial charge in [-0.2, -0.15) is 0 Å². The minimum Gasteiger partial charge on any atom is -0.0979 e. The van der Waals surface area contributed by atoms with Gasteiger partial charge in [-0.1, -0.05) is 49.4 Å². The maximum absolute atomic E-state index is 3.69. The first-order chi connectivity index (χ1) is 5.00. The first-order valence-corrected chi connectivity index (χ1v) is 5.26. The summed E-state index contributed by atoms with van der Waals surface area (Å²) in [5, 5.41) is 0. The zero-order chi connectivity index (χ0) is 9.02. The van der Waals surface area contributed by atoms with Crippen molar-refractivity contribution in [3.8, 4) is 0 Å². The third-order valence-corrected chi connectivity index (χ3v) is 4.24. The summed E-state index contributed by atoms with van der Waals surface area (Å²) in [6.45, 7) is 10.3. The molecule has 0 aliphatic rings. The Labute approximate surface area is 86.0 Å². The summed E-state index contributed by atoms with van der Waals surface area (Å²) in [6.07, 6.45) is 1.81. The molecule has 2 heteroatoms. The maximum atomic E-state index is 3.69. The first kappa shape index (κ1) is 11.4. The van der Waals surface area contributed by atoms with Gasteiger partial charge in [-0.3, -0.25) is 0 Å². The summed E-state index contributed by atoms with van der Waals surface area (Å²) < 4.78 is 2.25. The Balaban J connectivity index is 4.45. The van der Waals surface area contributed by atoms with Crippen molar-refractivity contribution < 1.29 is 0 Å². The minimum absolute atomic E-state index is 0.544. The molecule has 1 atom stereocenters. The molecule has 0 heterocycles. The molecule has 64 valence electrons. The van der Waals surface area contributed by atoms with Gasteiger partial charge in [0.1, 0.15) is 0 Å². The van der Waals surface area contributed by atoms with Gasteiger partial charge in [0.05, 0.1) is 0 Å². The predicted octanol–water partition coefficient (Wildman–Crippen LogP) is 4.47. The van der Waals surface area contributed by atoms with E-state index in [1.807, 2.05) is 6.08 Å². The molecule has 0 aliphatic heterocycles. The van der Waals surface area contributed by atoms with Crippen LogP contribution >= 0.6 is 31.9 Å². The second-order valence-electron chi connectivity index (χ2n) is 2.93. The average Bonchev–Trinajstić information content (AvgIpc) is 2.00. The Morgan fingerprint density at radius 3 is 2.00 bits per heavy atom. The monoisotopic (exact) mass is 280 g/mol. The fraction of sp³-hybridized carbons (Fsp3) is 0.556. The first-order valence-electron chi connectivity index (χ1n) is 3.68. The second-order valence-corrected chi connectivity index (χ2v) is 4.64. The predicted molar refractivity (Wildman–Crippen MR) is 59.1 cm³/mol. The molecule has 0 rings (SSSR count). The largest absolute Gasteiger partial charge is 0.0979 e. The summed E-state index contributed by atoms with van der Waals surface area (Å²) in [5.74, 6) is 1.19. The van der Waals surface area contributed by atoms with Gasteiger partial charge in [0.15, 0.2) is 0 Å². The normalized spacial score (nSPS) is 16.2. The van der Waals surface area contributed by atoms with Gasteiger partial charge in [0, 0.05) is 8.96 Å². The maximum Gasteiger partial charge on any atom is 0.0273 e. The van der Waals surface area contributed by atoms with E-state index in [9.17, 15) is 0 Å². The highest BCUT2D eigenvalue weighted by molar-refractivity contribution is 9.14. The molecule has 0 bridgehead atoms. The topological polar surface area (TPSA) is 0 Å². The fourth-order valence-electron chi connectivity index (χ4n) is 0.608. The lowest BCUT2D eigenvalue weighted by molar-refractivity contribution is 0.499. The summed E-state index contributed by atoms with van der Waals surface area (Å²) in [5.41, 5.74) is 0. The van der Waals surface area contributed by atoms with Crippen molar-refractivity contribution in [3.63, 3.8) is 0 Å². The van der Waals surface area contributed by atoms with Crippen LogP contribution in [0.5, 0.6) is 0 Å². The smallest absolute Gasteiger partial charge is 0.0273 e. The van der Waals surface area contributed by atoms with Gasteiger partial charge in [-0.25, -0.2) is 0 Å². The van der Waals surface area contributed by atoms with Crippen LogP contribution in [0, 0.1) is 11.8 Å². The molecule has 0 N–H and O–H groups in total. The summed E-state index contributed by atoms with van der Waals surface area (Å²) in [7, 11) is 0. The van der Waals surface area contributed by atoms with Crippen molar-refractivity contribution in [2.75, 3.05) is 0 Å². The Morgan fingerprint density at radius 2 is 1.73 bits per heavy atom. The number of allylic oxidation sites excluding steroid dienone is 3. The van der Waals surface area contributed by atoms with Crippen molar-refractivity contribution in [3.05, 3.63) is 21.6 Å². The van der Waals surface area contributed by atoms with E-state index in [-0.39, 0.29) is 0 Å². The molecule has 0 saturated heterocycles. The molecule has 0 amide bonds.